The molecule has 0 N–H and O–H groups in total. The summed E-state index contributed by atoms with van der Waals surface area (Å²) in [4.78, 5) is 27.7. The molecule has 3 aromatic rings. The number of halogens is 1. The van der Waals surface area contributed by atoms with Crippen LogP contribution in [0.15, 0.2) is 51.7 Å². The number of hydrogen-bond donors (Lipinski definition) is 0. The molecule has 1 atom stereocenters. The first-order valence-corrected chi connectivity index (χ1v) is 12.1. The van der Waals surface area contributed by atoms with E-state index in [-0.39, 0.29) is 29.2 Å². The Labute approximate surface area is 185 Å². The van der Waals surface area contributed by atoms with Gasteiger partial charge < -0.3 is 9.32 Å². The Balaban J connectivity index is 1.77. The molecule has 0 spiro atoms. The van der Waals surface area contributed by atoms with E-state index in [0.29, 0.717) is 22.4 Å². The summed E-state index contributed by atoms with van der Waals surface area (Å²) in [6, 6.07) is 11.3. The lowest BCUT2D eigenvalue weighted by atomic mass is 10.1. The Kier molecular flexibility index (Phi) is 5.66. The molecular weight excluding hydrogens is 438 g/mol. The second kappa shape index (κ2) is 8.13. The Morgan fingerprint density at radius 2 is 1.97 bits per heavy atom. The topological polar surface area (TPSA) is 84.7 Å². The van der Waals surface area contributed by atoms with Crippen LogP contribution in [0.2, 0.25) is 5.02 Å². The van der Waals surface area contributed by atoms with E-state index in [1.54, 1.807) is 24.3 Å². The van der Waals surface area contributed by atoms with Crippen molar-refractivity contribution in [2.24, 2.45) is 0 Å². The van der Waals surface area contributed by atoms with Crippen LogP contribution in [0.1, 0.15) is 33.7 Å². The van der Waals surface area contributed by atoms with Crippen molar-refractivity contribution in [3.8, 4) is 0 Å². The van der Waals surface area contributed by atoms with E-state index in [1.165, 1.54) is 11.0 Å². The molecule has 0 saturated carbocycles. The maximum atomic E-state index is 13.5. The van der Waals surface area contributed by atoms with Gasteiger partial charge in [0.15, 0.2) is 21.0 Å². The van der Waals surface area contributed by atoms with Crippen molar-refractivity contribution < 1.29 is 17.6 Å². The van der Waals surface area contributed by atoms with E-state index in [1.807, 2.05) is 26.0 Å². The minimum atomic E-state index is -3.22. The number of amides is 1. The van der Waals surface area contributed by atoms with Gasteiger partial charge in [-0.2, -0.15) is 0 Å². The number of sulfone groups is 1. The number of carbonyl (C=O) groups excluding carboxylic acids is 1. The molecule has 0 bridgehead atoms. The van der Waals surface area contributed by atoms with E-state index in [2.05, 4.69) is 0 Å². The molecule has 0 unspecified atom stereocenters. The van der Waals surface area contributed by atoms with Crippen LogP contribution < -0.4 is 5.43 Å². The molecule has 1 aliphatic heterocycles. The fourth-order valence-electron chi connectivity index (χ4n) is 4.13. The summed E-state index contributed by atoms with van der Waals surface area (Å²) in [5, 5.41) is 0.958. The van der Waals surface area contributed by atoms with E-state index >= 15 is 0 Å². The third-order valence-electron chi connectivity index (χ3n) is 5.53. The Morgan fingerprint density at radius 1 is 1.19 bits per heavy atom. The molecule has 6 nitrogen and oxygen atoms in total. The quantitative estimate of drug-likeness (QED) is 0.590. The fraction of sp³-hybridized carbons (Fsp3) is 0.304. The smallest absolute Gasteiger partial charge is 0.290 e. The number of nitrogens with zero attached hydrogens (tertiary/aromatic N) is 1. The van der Waals surface area contributed by atoms with Gasteiger partial charge in [-0.25, -0.2) is 8.42 Å². The third kappa shape index (κ3) is 4.52. The lowest BCUT2D eigenvalue weighted by Gasteiger charge is -2.28. The number of fused-ring (bicyclic) bond motifs is 1. The molecule has 4 rings (SSSR count). The van der Waals surface area contributed by atoms with Gasteiger partial charge >= 0.3 is 0 Å². The predicted molar refractivity (Wildman–Crippen MR) is 120 cm³/mol. The molecule has 0 radical (unpaired) electrons. The Bertz CT molecular complexity index is 1350. The average Bonchev–Trinajstić information content (AvgIpc) is 3.04. The molecule has 1 aliphatic rings. The van der Waals surface area contributed by atoms with Crippen LogP contribution in [-0.4, -0.2) is 36.8 Å². The zero-order chi connectivity index (χ0) is 22.3. The van der Waals surface area contributed by atoms with Crippen LogP contribution in [0.4, 0.5) is 0 Å². The van der Waals surface area contributed by atoms with E-state index in [4.69, 9.17) is 16.0 Å². The standard InChI is InChI=1S/C23H22ClNO5S/c1-14-8-15(2)22-19(26)11-21(30-20(22)9-14)23(27)25(18-6-7-31(28,29)13-18)12-16-4-3-5-17(24)10-16/h3-5,8-11,18H,6-7,12-13H2,1-2H3/t18-/m1/s1. The first kappa shape index (κ1) is 21.6. The molecule has 1 saturated heterocycles. The summed E-state index contributed by atoms with van der Waals surface area (Å²) < 4.78 is 30.0. The van der Waals surface area contributed by atoms with Crippen LogP contribution in [0, 0.1) is 13.8 Å². The average molecular weight is 460 g/mol. The minimum Gasteiger partial charge on any atom is -0.451 e. The summed E-state index contributed by atoms with van der Waals surface area (Å²) in [6.07, 6.45) is 0.338. The number of rotatable bonds is 4. The molecular formula is C23H22ClNO5S. The molecule has 1 amide bonds. The molecule has 2 heterocycles. The number of aryl methyl sites for hydroxylation is 2. The van der Waals surface area contributed by atoms with Crippen LogP contribution in [0.25, 0.3) is 11.0 Å². The molecule has 0 aliphatic carbocycles. The Morgan fingerprint density at radius 3 is 2.65 bits per heavy atom. The predicted octanol–water partition coefficient (Wildman–Crippen LogP) is 3.89. The third-order valence-corrected chi connectivity index (χ3v) is 7.52. The van der Waals surface area contributed by atoms with Gasteiger partial charge in [-0.3, -0.25) is 9.59 Å². The molecule has 2 aromatic carbocycles. The van der Waals surface area contributed by atoms with E-state index < -0.39 is 21.8 Å². The highest BCUT2D eigenvalue weighted by Crippen LogP contribution is 2.25. The number of benzene rings is 2. The maximum Gasteiger partial charge on any atom is 0.290 e. The fourth-order valence-corrected chi connectivity index (χ4v) is 6.07. The maximum absolute atomic E-state index is 13.5. The Hall–Kier alpha value is -2.64. The van der Waals surface area contributed by atoms with Crippen molar-refractivity contribution in [2.75, 3.05) is 11.5 Å². The van der Waals surface area contributed by atoms with Crippen LogP contribution in [-0.2, 0) is 16.4 Å². The summed E-state index contributed by atoms with van der Waals surface area (Å²) in [7, 11) is -3.22. The molecule has 1 aromatic heterocycles. The minimum absolute atomic E-state index is 0.0249. The van der Waals surface area contributed by atoms with E-state index in [0.717, 1.165) is 16.7 Å². The highest BCUT2D eigenvalue weighted by molar-refractivity contribution is 7.91. The SMILES string of the molecule is Cc1cc(C)c2c(=O)cc(C(=O)N(Cc3cccc(Cl)c3)[C@@H]3CCS(=O)(=O)C3)oc2c1. The van der Waals surface area contributed by atoms with Gasteiger partial charge in [0.2, 0.25) is 0 Å². The molecule has 1 fully saturated rings. The van der Waals surface area contributed by atoms with Crippen molar-refractivity contribution in [3.63, 3.8) is 0 Å². The van der Waals surface area contributed by atoms with Crippen LogP contribution in [0.5, 0.6) is 0 Å². The van der Waals surface area contributed by atoms with Crippen molar-refractivity contribution in [1.29, 1.82) is 0 Å². The monoisotopic (exact) mass is 459 g/mol. The van der Waals surface area contributed by atoms with Crippen molar-refractivity contribution >= 4 is 38.3 Å². The van der Waals surface area contributed by atoms with Gasteiger partial charge in [0.05, 0.1) is 16.9 Å². The van der Waals surface area contributed by atoms with Gasteiger partial charge in [-0.15, -0.1) is 0 Å². The second-order valence-corrected chi connectivity index (χ2v) is 10.7. The summed E-state index contributed by atoms with van der Waals surface area (Å²) in [5.41, 5.74) is 2.50. The first-order valence-electron chi connectivity index (χ1n) is 9.94. The molecule has 162 valence electrons. The van der Waals surface area contributed by atoms with Gasteiger partial charge in [0, 0.05) is 23.7 Å². The highest BCUT2D eigenvalue weighted by atomic mass is 35.5. The molecule has 31 heavy (non-hydrogen) atoms. The zero-order valence-electron chi connectivity index (χ0n) is 17.2. The van der Waals surface area contributed by atoms with Crippen LogP contribution in [0.3, 0.4) is 0 Å². The second-order valence-electron chi connectivity index (χ2n) is 8.05. The van der Waals surface area contributed by atoms with Gasteiger partial charge in [0.1, 0.15) is 5.58 Å². The summed E-state index contributed by atoms with van der Waals surface area (Å²) in [6.45, 7) is 3.87. The van der Waals surface area contributed by atoms with Crippen molar-refractivity contribution in [2.45, 2.75) is 32.9 Å². The lowest BCUT2D eigenvalue weighted by Crippen LogP contribution is -2.41. The van der Waals surface area contributed by atoms with Crippen molar-refractivity contribution in [3.05, 3.63) is 80.2 Å². The van der Waals surface area contributed by atoms with Crippen LogP contribution >= 0.6 is 11.6 Å². The lowest BCUT2D eigenvalue weighted by molar-refractivity contribution is 0.0648. The zero-order valence-corrected chi connectivity index (χ0v) is 18.8. The van der Waals surface area contributed by atoms with Gasteiger partial charge in [-0.05, 0) is 55.2 Å². The van der Waals surface area contributed by atoms with Crippen molar-refractivity contribution in [1.82, 2.24) is 4.90 Å². The summed E-state index contributed by atoms with van der Waals surface area (Å²) in [5.74, 6) is -0.707. The van der Waals surface area contributed by atoms with Gasteiger partial charge in [-0.1, -0.05) is 29.8 Å². The largest absolute Gasteiger partial charge is 0.451 e. The summed E-state index contributed by atoms with van der Waals surface area (Å²) >= 11 is 6.09. The highest BCUT2D eigenvalue weighted by Gasteiger charge is 2.36. The molecule has 8 heteroatoms. The number of carbonyl (C=O) groups is 1. The normalized spacial score (nSPS) is 17.7. The van der Waals surface area contributed by atoms with Gasteiger partial charge in [0.25, 0.3) is 5.91 Å². The first-order chi connectivity index (χ1) is 14.6. The van der Waals surface area contributed by atoms with E-state index in [9.17, 15) is 18.0 Å². The number of hydrogen-bond acceptors (Lipinski definition) is 5.